The summed E-state index contributed by atoms with van der Waals surface area (Å²) >= 11 is 5.89. The van der Waals surface area contributed by atoms with Gasteiger partial charge in [0.1, 0.15) is 5.75 Å². The first-order chi connectivity index (χ1) is 9.20. The summed E-state index contributed by atoms with van der Waals surface area (Å²) in [7, 11) is 0. The monoisotopic (exact) mass is 281 g/mol. The molecule has 0 aliphatic carbocycles. The Balaban J connectivity index is 1.89. The molecule has 1 aromatic rings. The van der Waals surface area contributed by atoms with Crippen molar-refractivity contribution in [2.75, 3.05) is 19.7 Å². The van der Waals surface area contributed by atoms with E-state index in [-0.39, 0.29) is 12.5 Å². The second-order valence-corrected chi connectivity index (χ2v) is 4.94. The number of rotatable bonds is 4. The fourth-order valence-corrected chi connectivity index (χ4v) is 2.29. The van der Waals surface area contributed by atoms with Crippen LogP contribution in [0.25, 0.3) is 0 Å². The third kappa shape index (κ3) is 3.70. The molecule has 0 aromatic heterocycles. The van der Waals surface area contributed by atoms with Crippen molar-refractivity contribution < 1.29 is 14.3 Å². The summed E-state index contributed by atoms with van der Waals surface area (Å²) in [5, 5.41) is 0.331. The quantitative estimate of drug-likeness (QED) is 0.797. The Labute approximate surface area is 117 Å². The van der Waals surface area contributed by atoms with Crippen LogP contribution in [0, 0.1) is 0 Å². The Morgan fingerprint density at radius 2 is 2.05 bits per heavy atom. The Morgan fingerprint density at radius 1 is 1.32 bits per heavy atom. The number of benzene rings is 1. The molecule has 5 heteroatoms. The van der Waals surface area contributed by atoms with Gasteiger partial charge in [0, 0.05) is 18.7 Å². The van der Waals surface area contributed by atoms with E-state index >= 15 is 0 Å². The number of hydrogen-bond donors (Lipinski definition) is 0. The fourth-order valence-electron chi connectivity index (χ4n) is 2.07. The smallest absolute Gasteiger partial charge is 0.260 e. The Kier molecular flexibility index (Phi) is 4.80. The maximum atomic E-state index is 11.9. The van der Waals surface area contributed by atoms with Crippen LogP contribution >= 0.6 is 11.6 Å². The first kappa shape index (κ1) is 13.9. The van der Waals surface area contributed by atoms with Crippen molar-refractivity contribution in [2.45, 2.75) is 19.3 Å². The van der Waals surface area contributed by atoms with Gasteiger partial charge < -0.3 is 9.64 Å². The number of amides is 1. The van der Waals surface area contributed by atoms with Gasteiger partial charge in [-0.25, -0.2) is 0 Å². The van der Waals surface area contributed by atoms with Crippen LogP contribution in [0.3, 0.4) is 0 Å². The van der Waals surface area contributed by atoms with E-state index in [4.69, 9.17) is 16.3 Å². The minimum Gasteiger partial charge on any atom is -0.484 e. The second kappa shape index (κ2) is 6.57. The largest absolute Gasteiger partial charge is 0.484 e. The molecule has 19 heavy (non-hydrogen) atoms. The molecule has 102 valence electrons. The normalized spacial score (nSPS) is 15.1. The number of carbonyl (C=O) groups is 2. The molecule has 1 aromatic carbocycles. The number of halogens is 1. The number of aldehydes is 1. The van der Waals surface area contributed by atoms with Crippen LogP contribution in [0.1, 0.15) is 29.6 Å². The zero-order valence-corrected chi connectivity index (χ0v) is 11.4. The summed E-state index contributed by atoms with van der Waals surface area (Å²) in [5.74, 6) is 0.497. The molecule has 0 radical (unpaired) electrons. The lowest BCUT2D eigenvalue weighted by Crippen LogP contribution is -2.38. The summed E-state index contributed by atoms with van der Waals surface area (Å²) in [6.07, 6.45) is 4.00. The van der Waals surface area contributed by atoms with Crippen molar-refractivity contribution in [3.05, 3.63) is 28.8 Å². The molecule has 0 N–H and O–H groups in total. The molecule has 0 unspecified atom stereocenters. The van der Waals surface area contributed by atoms with E-state index in [0.717, 1.165) is 25.9 Å². The van der Waals surface area contributed by atoms with E-state index in [1.54, 1.807) is 18.2 Å². The summed E-state index contributed by atoms with van der Waals surface area (Å²) < 4.78 is 5.41. The van der Waals surface area contributed by atoms with Crippen LogP contribution in [0.4, 0.5) is 0 Å². The lowest BCUT2D eigenvalue weighted by molar-refractivity contribution is -0.134. The molecule has 1 aliphatic rings. The lowest BCUT2D eigenvalue weighted by atomic mass is 10.1. The highest BCUT2D eigenvalue weighted by molar-refractivity contribution is 6.33. The summed E-state index contributed by atoms with van der Waals surface area (Å²) in [4.78, 5) is 24.3. The number of ether oxygens (including phenoxy) is 1. The predicted molar refractivity (Wildman–Crippen MR) is 72.8 cm³/mol. The summed E-state index contributed by atoms with van der Waals surface area (Å²) in [6, 6.07) is 4.77. The van der Waals surface area contributed by atoms with Crippen LogP contribution in [0.15, 0.2) is 18.2 Å². The molecule has 2 rings (SSSR count). The SMILES string of the molecule is O=Cc1ccc(OCC(=O)N2CCCCC2)cc1Cl. The van der Waals surface area contributed by atoms with E-state index < -0.39 is 0 Å². The third-order valence-electron chi connectivity index (χ3n) is 3.17. The first-order valence-corrected chi connectivity index (χ1v) is 6.74. The molecule has 0 atom stereocenters. The van der Waals surface area contributed by atoms with Crippen LogP contribution < -0.4 is 4.74 Å². The van der Waals surface area contributed by atoms with Crippen molar-refractivity contribution in [1.29, 1.82) is 0 Å². The van der Waals surface area contributed by atoms with Gasteiger partial charge in [-0.3, -0.25) is 9.59 Å². The number of carbonyl (C=O) groups excluding carboxylic acids is 2. The Bertz CT molecular complexity index is 470. The molecule has 1 heterocycles. The molecular weight excluding hydrogens is 266 g/mol. The van der Waals surface area contributed by atoms with E-state index in [1.165, 1.54) is 6.42 Å². The van der Waals surface area contributed by atoms with Gasteiger partial charge in [-0.05, 0) is 37.5 Å². The van der Waals surface area contributed by atoms with Crippen molar-refractivity contribution in [2.24, 2.45) is 0 Å². The van der Waals surface area contributed by atoms with Crippen molar-refractivity contribution in [1.82, 2.24) is 4.90 Å². The molecular formula is C14H16ClNO3. The van der Waals surface area contributed by atoms with Gasteiger partial charge in [-0.2, -0.15) is 0 Å². The topological polar surface area (TPSA) is 46.6 Å². The van der Waals surface area contributed by atoms with E-state index in [0.29, 0.717) is 22.6 Å². The van der Waals surface area contributed by atoms with Gasteiger partial charge in [0.25, 0.3) is 5.91 Å². The standard InChI is InChI=1S/C14H16ClNO3/c15-13-8-12(5-4-11(13)9-17)19-10-14(18)16-6-2-1-3-7-16/h4-5,8-9H,1-3,6-7,10H2. The molecule has 0 spiro atoms. The minimum atomic E-state index is -0.00436. The Morgan fingerprint density at radius 3 is 2.68 bits per heavy atom. The maximum absolute atomic E-state index is 11.9. The fraction of sp³-hybridized carbons (Fsp3) is 0.429. The van der Waals surface area contributed by atoms with Crippen LogP contribution in [0.2, 0.25) is 5.02 Å². The number of likely N-dealkylation sites (tertiary alicyclic amines) is 1. The van der Waals surface area contributed by atoms with Crippen LogP contribution in [-0.2, 0) is 4.79 Å². The minimum absolute atomic E-state index is 0.00436. The molecule has 1 saturated heterocycles. The van der Waals surface area contributed by atoms with Gasteiger partial charge in [0.15, 0.2) is 12.9 Å². The third-order valence-corrected chi connectivity index (χ3v) is 3.50. The molecule has 0 bridgehead atoms. The number of hydrogen-bond acceptors (Lipinski definition) is 3. The first-order valence-electron chi connectivity index (χ1n) is 6.36. The van der Waals surface area contributed by atoms with Gasteiger partial charge >= 0.3 is 0 Å². The van der Waals surface area contributed by atoms with E-state index in [1.807, 2.05) is 4.90 Å². The van der Waals surface area contributed by atoms with Crippen molar-refractivity contribution in [3.8, 4) is 5.75 Å². The van der Waals surface area contributed by atoms with Crippen LogP contribution in [0.5, 0.6) is 5.75 Å². The summed E-state index contributed by atoms with van der Waals surface area (Å²) in [6.45, 7) is 1.64. The Hall–Kier alpha value is -1.55. The van der Waals surface area contributed by atoms with Gasteiger partial charge in [0.05, 0.1) is 5.02 Å². The van der Waals surface area contributed by atoms with Gasteiger partial charge in [-0.15, -0.1) is 0 Å². The molecule has 1 amide bonds. The molecule has 1 fully saturated rings. The van der Waals surface area contributed by atoms with Gasteiger partial charge in [0.2, 0.25) is 0 Å². The molecule has 4 nitrogen and oxygen atoms in total. The van der Waals surface area contributed by atoms with Crippen molar-refractivity contribution >= 4 is 23.8 Å². The molecule has 0 saturated carbocycles. The second-order valence-electron chi connectivity index (χ2n) is 4.53. The molecule has 1 aliphatic heterocycles. The van der Waals surface area contributed by atoms with Gasteiger partial charge in [-0.1, -0.05) is 11.6 Å². The zero-order chi connectivity index (χ0) is 13.7. The van der Waals surface area contributed by atoms with E-state index in [2.05, 4.69) is 0 Å². The highest BCUT2D eigenvalue weighted by atomic mass is 35.5. The highest BCUT2D eigenvalue weighted by Crippen LogP contribution is 2.21. The average molecular weight is 282 g/mol. The van der Waals surface area contributed by atoms with Crippen molar-refractivity contribution in [3.63, 3.8) is 0 Å². The average Bonchev–Trinajstić information content (AvgIpc) is 2.46. The van der Waals surface area contributed by atoms with Crippen LogP contribution in [-0.4, -0.2) is 36.8 Å². The summed E-state index contributed by atoms with van der Waals surface area (Å²) in [5.41, 5.74) is 0.413. The van der Waals surface area contributed by atoms with E-state index in [9.17, 15) is 9.59 Å². The highest BCUT2D eigenvalue weighted by Gasteiger charge is 2.16. The maximum Gasteiger partial charge on any atom is 0.260 e. The lowest BCUT2D eigenvalue weighted by Gasteiger charge is -2.26. The predicted octanol–water partition coefficient (Wildman–Crippen LogP) is 2.54. The number of piperidine rings is 1. The zero-order valence-electron chi connectivity index (χ0n) is 10.6. The number of nitrogens with zero attached hydrogens (tertiary/aromatic N) is 1.